The summed E-state index contributed by atoms with van der Waals surface area (Å²) in [5.74, 6) is -0.797. The molecule has 2 aromatic rings. The van der Waals surface area contributed by atoms with Crippen LogP contribution in [-0.4, -0.2) is 0 Å². The number of nitrogens with two attached hydrogens (primary N) is 1. The smallest absolute Gasteiger partial charge is 0.167 e. The number of anilines is 1. The fourth-order valence-electron chi connectivity index (χ4n) is 1.59. The summed E-state index contributed by atoms with van der Waals surface area (Å²) >= 11 is 3.29. The van der Waals surface area contributed by atoms with Crippen molar-refractivity contribution < 1.29 is 13.5 Å². The van der Waals surface area contributed by atoms with E-state index >= 15 is 0 Å². The molecule has 0 heterocycles. The zero-order chi connectivity index (χ0) is 14.0. The molecule has 19 heavy (non-hydrogen) atoms. The zero-order valence-electron chi connectivity index (χ0n) is 10.2. The largest absolute Gasteiger partial charge is 0.486 e. The number of ether oxygens (including phenoxy) is 1. The molecule has 0 atom stereocenters. The molecule has 0 spiro atoms. The van der Waals surface area contributed by atoms with Crippen LogP contribution in [0, 0.1) is 18.6 Å². The first kappa shape index (κ1) is 13.8. The van der Waals surface area contributed by atoms with Crippen LogP contribution in [0.4, 0.5) is 14.5 Å². The van der Waals surface area contributed by atoms with Crippen LogP contribution in [0.1, 0.15) is 11.1 Å². The summed E-state index contributed by atoms with van der Waals surface area (Å²) in [6.45, 7) is 1.83. The van der Waals surface area contributed by atoms with E-state index in [9.17, 15) is 8.78 Å². The van der Waals surface area contributed by atoms with Gasteiger partial charge < -0.3 is 10.5 Å². The highest BCUT2D eigenvalue weighted by molar-refractivity contribution is 9.10. The van der Waals surface area contributed by atoms with Crippen LogP contribution in [-0.2, 0) is 6.61 Å². The fourth-order valence-corrected chi connectivity index (χ4v) is 1.95. The van der Waals surface area contributed by atoms with E-state index in [-0.39, 0.29) is 18.2 Å². The van der Waals surface area contributed by atoms with Crippen molar-refractivity contribution in [3.63, 3.8) is 0 Å². The lowest BCUT2D eigenvalue weighted by molar-refractivity contribution is 0.289. The van der Waals surface area contributed by atoms with Gasteiger partial charge in [-0.25, -0.2) is 8.78 Å². The quantitative estimate of drug-likeness (QED) is 0.857. The first-order chi connectivity index (χ1) is 8.97. The Labute approximate surface area is 118 Å². The van der Waals surface area contributed by atoms with Crippen molar-refractivity contribution >= 4 is 21.6 Å². The molecule has 2 aromatic carbocycles. The first-order valence-corrected chi connectivity index (χ1v) is 6.39. The van der Waals surface area contributed by atoms with Crippen LogP contribution in [0.5, 0.6) is 5.75 Å². The van der Waals surface area contributed by atoms with Gasteiger partial charge >= 0.3 is 0 Å². The Morgan fingerprint density at radius 3 is 2.68 bits per heavy atom. The lowest BCUT2D eigenvalue weighted by Crippen LogP contribution is -2.01. The van der Waals surface area contributed by atoms with Crippen LogP contribution in [0.15, 0.2) is 34.8 Å². The lowest BCUT2D eigenvalue weighted by atomic mass is 10.2. The summed E-state index contributed by atoms with van der Waals surface area (Å²) < 4.78 is 32.8. The van der Waals surface area contributed by atoms with Crippen molar-refractivity contribution in [2.45, 2.75) is 13.5 Å². The molecule has 0 aromatic heterocycles. The molecule has 2 rings (SSSR count). The van der Waals surface area contributed by atoms with E-state index in [0.717, 1.165) is 5.56 Å². The molecule has 0 amide bonds. The van der Waals surface area contributed by atoms with Gasteiger partial charge in [-0.15, -0.1) is 0 Å². The van der Waals surface area contributed by atoms with Crippen LogP contribution in [0.3, 0.4) is 0 Å². The maximum atomic E-state index is 13.6. The Hall–Kier alpha value is -1.62. The minimum Gasteiger partial charge on any atom is -0.486 e. The third kappa shape index (κ3) is 3.23. The number of benzene rings is 2. The van der Waals surface area contributed by atoms with Crippen LogP contribution in [0.25, 0.3) is 0 Å². The van der Waals surface area contributed by atoms with Gasteiger partial charge in [-0.05, 0) is 36.8 Å². The Kier molecular flexibility index (Phi) is 4.04. The minimum absolute atomic E-state index is 0.0681. The number of aryl methyl sites for hydroxylation is 1. The summed E-state index contributed by atoms with van der Waals surface area (Å²) in [5, 5.41) is 0. The fraction of sp³-hybridized carbons (Fsp3) is 0.143. The Bertz CT molecular complexity index is 617. The molecule has 0 aliphatic heterocycles. The summed E-state index contributed by atoms with van der Waals surface area (Å²) in [7, 11) is 0. The van der Waals surface area contributed by atoms with Gasteiger partial charge in [-0.3, -0.25) is 0 Å². The van der Waals surface area contributed by atoms with Gasteiger partial charge in [0.25, 0.3) is 0 Å². The maximum Gasteiger partial charge on any atom is 0.167 e. The molecule has 100 valence electrons. The van der Waals surface area contributed by atoms with Crippen molar-refractivity contribution in [1.82, 2.24) is 0 Å². The molecule has 0 saturated heterocycles. The third-order valence-electron chi connectivity index (χ3n) is 2.71. The summed E-state index contributed by atoms with van der Waals surface area (Å²) in [5.41, 5.74) is 7.30. The van der Waals surface area contributed by atoms with Gasteiger partial charge in [0.1, 0.15) is 12.4 Å². The van der Waals surface area contributed by atoms with Gasteiger partial charge in [-0.2, -0.15) is 0 Å². The number of hydrogen-bond acceptors (Lipinski definition) is 2. The van der Waals surface area contributed by atoms with E-state index in [1.54, 1.807) is 13.0 Å². The molecule has 0 unspecified atom stereocenters. The van der Waals surface area contributed by atoms with E-state index in [1.807, 2.05) is 0 Å². The average molecular weight is 328 g/mol. The Morgan fingerprint density at radius 1 is 1.21 bits per heavy atom. The minimum atomic E-state index is -0.532. The molecule has 0 aliphatic rings. The molecule has 2 N–H and O–H groups in total. The zero-order valence-corrected chi connectivity index (χ0v) is 11.8. The standard InChI is InChI=1S/C14H12BrF2NO/c1-8-4-14(12(17)6-13(8)18)19-7-9-5-10(16)2-3-11(9)15/h2-6H,7,18H2,1H3. The lowest BCUT2D eigenvalue weighted by Gasteiger charge is -2.11. The van der Waals surface area contributed by atoms with Crippen molar-refractivity contribution in [1.29, 1.82) is 0 Å². The average Bonchev–Trinajstić information content (AvgIpc) is 2.36. The van der Waals surface area contributed by atoms with E-state index < -0.39 is 5.82 Å². The van der Waals surface area contributed by atoms with Gasteiger partial charge in [0.05, 0.1) is 0 Å². The normalized spacial score (nSPS) is 10.5. The maximum absolute atomic E-state index is 13.6. The topological polar surface area (TPSA) is 35.2 Å². The summed E-state index contributed by atoms with van der Waals surface area (Å²) in [6.07, 6.45) is 0. The molecule has 0 aliphatic carbocycles. The summed E-state index contributed by atoms with van der Waals surface area (Å²) in [6, 6.07) is 7.00. The third-order valence-corrected chi connectivity index (χ3v) is 3.49. The summed E-state index contributed by atoms with van der Waals surface area (Å²) in [4.78, 5) is 0. The van der Waals surface area contributed by atoms with E-state index in [4.69, 9.17) is 10.5 Å². The van der Waals surface area contributed by atoms with Crippen molar-refractivity contribution in [3.05, 3.63) is 57.6 Å². The van der Waals surface area contributed by atoms with Gasteiger partial charge in [-0.1, -0.05) is 15.9 Å². The van der Waals surface area contributed by atoms with Crippen LogP contribution < -0.4 is 10.5 Å². The molecule has 0 fully saturated rings. The van der Waals surface area contributed by atoms with E-state index in [0.29, 0.717) is 15.7 Å². The molecular weight excluding hydrogens is 316 g/mol. The van der Waals surface area contributed by atoms with E-state index in [2.05, 4.69) is 15.9 Å². The molecule has 0 bridgehead atoms. The van der Waals surface area contributed by atoms with Crippen LogP contribution >= 0.6 is 15.9 Å². The Balaban J connectivity index is 2.19. The van der Waals surface area contributed by atoms with E-state index in [1.165, 1.54) is 24.3 Å². The SMILES string of the molecule is Cc1cc(OCc2cc(F)ccc2Br)c(F)cc1N. The highest BCUT2D eigenvalue weighted by atomic mass is 79.9. The second kappa shape index (κ2) is 5.57. The molecule has 0 radical (unpaired) electrons. The molecule has 5 heteroatoms. The monoisotopic (exact) mass is 327 g/mol. The molecule has 0 saturated carbocycles. The van der Waals surface area contributed by atoms with Crippen molar-refractivity contribution in [2.24, 2.45) is 0 Å². The number of nitrogen functional groups attached to an aromatic ring is 1. The predicted octanol–water partition coefficient (Wildman–Crippen LogP) is 4.20. The highest BCUT2D eigenvalue weighted by Gasteiger charge is 2.08. The van der Waals surface area contributed by atoms with Crippen LogP contribution in [0.2, 0.25) is 0 Å². The first-order valence-electron chi connectivity index (χ1n) is 5.59. The van der Waals surface area contributed by atoms with Gasteiger partial charge in [0.15, 0.2) is 11.6 Å². The van der Waals surface area contributed by atoms with Crippen molar-refractivity contribution in [3.8, 4) is 5.75 Å². The number of hydrogen-bond donors (Lipinski definition) is 1. The van der Waals surface area contributed by atoms with Crippen molar-refractivity contribution in [2.75, 3.05) is 5.73 Å². The molecule has 2 nitrogen and oxygen atoms in total. The second-order valence-corrected chi connectivity index (χ2v) is 5.02. The van der Waals surface area contributed by atoms with Gasteiger partial charge in [0.2, 0.25) is 0 Å². The molecular formula is C14H12BrF2NO. The second-order valence-electron chi connectivity index (χ2n) is 4.16. The number of rotatable bonds is 3. The Morgan fingerprint density at radius 2 is 1.95 bits per heavy atom. The highest BCUT2D eigenvalue weighted by Crippen LogP contribution is 2.25. The van der Waals surface area contributed by atoms with Gasteiger partial charge in [0, 0.05) is 21.8 Å². The number of halogens is 3. The predicted molar refractivity (Wildman–Crippen MR) is 74.0 cm³/mol.